The topological polar surface area (TPSA) is 79.6 Å². The number of benzene rings is 3. The minimum Gasteiger partial charge on any atom is -0.504 e. The molecule has 0 bridgehead atoms. The maximum absolute atomic E-state index is 10.2. The summed E-state index contributed by atoms with van der Waals surface area (Å²) in [6.45, 7) is 0. The normalized spacial score (nSPS) is 10.8. The summed E-state index contributed by atoms with van der Waals surface area (Å²) in [6, 6.07) is 26.9. The second-order valence-electron chi connectivity index (χ2n) is 6.46. The molecule has 30 heavy (non-hydrogen) atoms. The molecule has 0 aliphatic rings. The van der Waals surface area contributed by atoms with Gasteiger partial charge in [0.25, 0.3) is 0 Å². The number of rotatable bonds is 6. The van der Waals surface area contributed by atoms with Gasteiger partial charge in [-0.1, -0.05) is 66.7 Å². The van der Waals surface area contributed by atoms with Gasteiger partial charge in [-0.2, -0.15) is 5.10 Å². The van der Waals surface area contributed by atoms with E-state index in [1.165, 1.54) is 13.3 Å². The van der Waals surface area contributed by atoms with Crippen molar-refractivity contribution >= 4 is 12.2 Å². The molecule has 0 radical (unpaired) electrons. The molecule has 0 saturated heterocycles. The maximum atomic E-state index is 10.2. The zero-order valence-corrected chi connectivity index (χ0v) is 16.4. The lowest BCUT2D eigenvalue weighted by molar-refractivity contribution is 0.373. The fraction of sp³-hybridized carbons (Fsp3) is 0.0417. The van der Waals surface area contributed by atoms with E-state index in [0.29, 0.717) is 17.3 Å². The summed E-state index contributed by atoms with van der Waals surface area (Å²) in [7, 11) is 1.50. The van der Waals surface area contributed by atoms with Crippen LogP contribution in [0.4, 0.5) is 5.95 Å². The van der Waals surface area contributed by atoms with Crippen LogP contribution in [-0.4, -0.2) is 28.4 Å². The number of nitrogens with one attached hydrogen (secondary N) is 1. The van der Waals surface area contributed by atoms with Gasteiger partial charge in [0.2, 0.25) is 5.95 Å². The van der Waals surface area contributed by atoms with Crippen LogP contribution in [0, 0.1) is 0 Å². The highest BCUT2D eigenvalue weighted by Crippen LogP contribution is 2.28. The molecule has 1 aromatic heterocycles. The van der Waals surface area contributed by atoms with Gasteiger partial charge in [-0.05, 0) is 18.2 Å². The lowest BCUT2D eigenvalue weighted by Crippen LogP contribution is -2.00. The lowest BCUT2D eigenvalue weighted by atomic mass is 10.1. The van der Waals surface area contributed by atoms with Gasteiger partial charge in [0.05, 0.1) is 24.7 Å². The number of phenols is 1. The van der Waals surface area contributed by atoms with Crippen molar-refractivity contribution in [3.8, 4) is 34.0 Å². The number of para-hydroxylation sites is 1. The van der Waals surface area contributed by atoms with E-state index < -0.39 is 0 Å². The summed E-state index contributed by atoms with van der Waals surface area (Å²) < 4.78 is 5.12. The monoisotopic (exact) mass is 396 g/mol. The highest BCUT2D eigenvalue weighted by molar-refractivity contribution is 5.85. The van der Waals surface area contributed by atoms with E-state index >= 15 is 0 Å². The Morgan fingerprint density at radius 3 is 2.00 bits per heavy atom. The molecular weight excluding hydrogens is 376 g/mol. The largest absolute Gasteiger partial charge is 0.504 e. The van der Waals surface area contributed by atoms with Gasteiger partial charge in [-0.15, -0.1) is 0 Å². The van der Waals surface area contributed by atoms with Crippen molar-refractivity contribution in [3.05, 3.63) is 90.5 Å². The summed E-state index contributed by atoms with van der Waals surface area (Å²) in [6.07, 6.45) is 1.50. The number of aromatic nitrogens is 2. The Morgan fingerprint density at radius 2 is 1.43 bits per heavy atom. The Kier molecular flexibility index (Phi) is 5.66. The van der Waals surface area contributed by atoms with Crippen LogP contribution in [0.3, 0.4) is 0 Å². The molecule has 1 heterocycles. The second kappa shape index (κ2) is 8.87. The zero-order chi connectivity index (χ0) is 20.8. The number of aromatic hydroxyl groups is 1. The quantitative estimate of drug-likeness (QED) is 0.355. The van der Waals surface area contributed by atoms with Crippen molar-refractivity contribution in [3.63, 3.8) is 0 Å². The summed E-state index contributed by atoms with van der Waals surface area (Å²) in [5.74, 6) is 0.760. The predicted molar refractivity (Wildman–Crippen MR) is 119 cm³/mol. The van der Waals surface area contributed by atoms with Crippen LogP contribution in [0.25, 0.3) is 22.5 Å². The first-order valence-corrected chi connectivity index (χ1v) is 9.39. The third kappa shape index (κ3) is 4.28. The van der Waals surface area contributed by atoms with Crippen molar-refractivity contribution in [1.82, 2.24) is 9.97 Å². The highest BCUT2D eigenvalue weighted by atomic mass is 16.5. The predicted octanol–water partition coefficient (Wildman–Crippen LogP) is 4.97. The average molecular weight is 396 g/mol. The van der Waals surface area contributed by atoms with Gasteiger partial charge in [-0.3, -0.25) is 0 Å². The van der Waals surface area contributed by atoms with Gasteiger partial charge in [0, 0.05) is 16.7 Å². The first-order valence-electron chi connectivity index (χ1n) is 9.39. The molecule has 6 nitrogen and oxygen atoms in total. The molecule has 0 aliphatic heterocycles. The Labute approximate surface area is 174 Å². The fourth-order valence-electron chi connectivity index (χ4n) is 2.98. The number of ether oxygens (including phenoxy) is 1. The molecule has 0 fully saturated rings. The SMILES string of the molecule is COc1cccc(C=NNc2nc(-c3ccccc3)cc(-c3ccccc3)n2)c1O. The van der Waals surface area contributed by atoms with Crippen LogP contribution < -0.4 is 10.2 Å². The number of anilines is 1. The summed E-state index contributed by atoms with van der Waals surface area (Å²) >= 11 is 0. The van der Waals surface area contributed by atoms with Gasteiger partial charge < -0.3 is 9.84 Å². The molecule has 6 heteroatoms. The van der Waals surface area contributed by atoms with E-state index in [0.717, 1.165) is 22.5 Å². The van der Waals surface area contributed by atoms with Crippen molar-refractivity contribution < 1.29 is 9.84 Å². The maximum Gasteiger partial charge on any atom is 0.244 e. The Bertz CT molecular complexity index is 1100. The first kappa shape index (κ1) is 19.1. The number of hydrogen-bond donors (Lipinski definition) is 2. The van der Waals surface area contributed by atoms with Crippen molar-refractivity contribution in [1.29, 1.82) is 0 Å². The molecule has 0 atom stereocenters. The summed E-state index contributed by atoms with van der Waals surface area (Å²) in [4.78, 5) is 9.19. The second-order valence-corrected chi connectivity index (χ2v) is 6.46. The Hall–Kier alpha value is -4.19. The minimum absolute atomic E-state index is 0.0227. The highest BCUT2D eigenvalue weighted by Gasteiger charge is 2.09. The molecule has 0 spiro atoms. The number of hydrazone groups is 1. The fourth-order valence-corrected chi connectivity index (χ4v) is 2.98. The molecule has 148 valence electrons. The standard InChI is InChI=1S/C24H20N4O2/c1-30-22-14-8-13-19(23(22)29)16-25-28-24-26-20(17-9-4-2-5-10-17)15-21(27-24)18-11-6-3-7-12-18/h2-16,29H,1H3,(H,26,27,28). The van der Waals surface area contributed by atoms with E-state index in [1.807, 2.05) is 66.7 Å². The molecular formula is C24H20N4O2. The van der Waals surface area contributed by atoms with Crippen molar-refractivity contribution in [2.75, 3.05) is 12.5 Å². The van der Waals surface area contributed by atoms with E-state index in [2.05, 4.69) is 20.5 Å². The Morgan fingerprint density at radius 1 is 0.833 bits per heavy atom. The zero-order valence-electron chi connectivity index (χ0n) is 16.4. The molecule has 2 N–H and O–H groups in total. The molecule has 0 saturated carbocycles. The lowest BCUT2D eigenvalue weighted by Gasteiger charge is -2.08. The number of phenolic OH excluding ortho intramolecular Hbond substituents is 1. The molecule has 3 aromatic carbocycles. The van der Waals surface area contributed by atoms with Crippen LogP contribution in [0.2, 0.25) is 0 Å². The van der Waals surface area contributed by atoms with Crippen LogP contribution in [0.15, 0.2) is 90.0 Å². The van der Waals surface area contributed by atoms with E-state index in [9.17, 15) is 5.11 Å². The van der Waals surface area contributed by atoms with E-state index in [1.54, 1.807) is 18.2 Å². The molecule has 4 aromatic rings. The van der Waals surface area contributed by atoms with Crippen LogP contribution in [0.5, 0.6) is 11.5 Å². The van der Waals surface area contributed by atoms with Crippen molar-refractivity contribution in [2.24, 2.45) is 5.10 Å². The van der Waals surface area contributed by atoms with Gasteiger partial charge >= 0.3 is 0 Å². The molecule has 4 rings (SSSR count). The molecule has 0 aliphatic carbocycles. The molecule has 0 unspecified atom stereocenters. The van der Waals surface area contributed by atoms with Crippen LogP contribution >= 0.6 is 0 Å². The first-order chi connectivity index (χ1) is 14.7. The van der Waals surface area contributed by atoms with E-state index in [4.69, 9.17) is 4.74 Å². The molecule has 0 amide bonds. The van der Waals surface area contributed by atoms with Gasteiger partial charge in [0.15, 0.2) is 11.5 Å². The third-order valence-electron chi connectivity index (χ3n) is 4.48. The summed E-state index contributed by atoms with van der Waals surface area (Å²) in [5, 5.41) is 14.4. The van der Waals surface area contributed by atoms with Gasteiger partial charge in [-0.25, -0.2) is 15.4 Å². The third-order valence-corrected chi connectivity index (χ3v) is 4.48. The minimum atomic E-state index is 0.0227. The number of nitrogens with zero attached hydrogens (tertiary/aromatic N) is 3. The summed E-state index contributed by atoms with van der Waals surface area (Å²) in [5.41, 5.74) is 6.92. The smallest absolute Gasteiger partial charge is 0.244 e. The van der Waals surface area contributed by atoms with Gasteiger partial charge in [0.1, 0.15) is 0 Å². The van der Waals surface area contributed by atoms with E-state index in [-0.39, 0.29) is 5.75 Å². The number of methoxy groups -OCH3 is 1. The van der Waals surface area contributed by atoms with Crippen LogP contribution in [0.1, 0.15) is 5.56 Å². The Balaban J connectivity index is 1.67. The number of hydrogen-bond acceptors (Lipinski definition) is 6. The average Bonchev–Trinajstić information content (AvgIpc) is 2.81. The van der Waals surface area contributed by atoms with Crippen LogP contribution in [-0.2, 0) is 0 Å². The van der Waals surface area contributed by atoms with Crippen molar-refractivity contribution in [2.45, 2.75) is 0 Å².